The highest BCUT2D eigenvalue weighted by atomic mass is 32.2. The number of rotatable bonds is 5. The van der Waals surface area contributed by atoms with Crippen molar-refractivity contribution >= 4 is 17.5 Å². The maximum Gasteiger partial charge on any atom is 0.257 e. The standard InChI is InChI=1S/C17H16N6O2S/c1-10-8-11(2)23-16(18-10)20-17(21-23)26-9-14-19-15(25-22-14)12-4-6-13(24-3)7-5-12/h4-8H,9H2,1-3H3. The number of aromatic nitrogens is 6. The lowest BCUT2D eigenvalue weighted by Gasteiger charge is -1.98. The van der Waals surface area contributed by atoms with Gasteiger partial charge in [0.05, 0.1) is 12.9 Å². The van der Waals surface area contributed by atoms with Crippen LogP contribution in [-0.4, -0.2) is 36.8 Å². The van der Waals surface area contributed by atoms with Crippen LogP contribution in [0.15, 0.2) is 40.0 Å². The Bertz CT molecular complexity index is 1060. The van der Waals surface area contributed by atoms with E-state index in [-0.39, 0.29) is 0 Å². The topological polar surface area (TPSA) is 91.2 Å². The summed E-state index contributed by atoms with van der Waals surface area (Å²) in [6, 6.07) is 9.43. The molecule has 0 fully saturated rings. The van der Waals surface area contributed by atoms with Crippen molar-refractivity contribution in [3.05, 3.63) is 47.5 Å². The van der Waals surface area contributed by atoms with Gasteiger partial charge in [0.2, 0.25) is 5.16 Å². The smallest absolute Gasteiger partial charge is 0.257 e. The van der Waals surface area contributed by atoms with Crippen LogP contribution in [0.2, 0.25) is 0 Å². The van der Waals surface area contributed by atoms with Gasteiger partial charge in [0.25, 0.3) is 11.7 Å². The predicted molar refractivity (Wildman–Crippen MR) is 96.1 cm³/mol. The summed E-state index contributed by atoms with van der Waals surface area (Å²) in [4.78, 5) is 13.2. The summed E-state index contributed by atoms with van der Waals surface area (Å²) in [5, 5.41) is 9.10. The number of fused-ring (bicyclic) bond motifs is 1. The van der Waals surface area contributed by atoms with E-state index in [9.17, 15) is 0 Å². The Morgan fingerprint density at radius 2 is 1.92 bits per heavy atom. The average Bonchev–Trinajstić information content (AvgIpc) is 3.27. The minimum atomic E-state index is 0.472. The van der Waals surface area contributed by atoms with Crippen LogP contribution < -0.4 is 4.74 Å². The third-order valence-electron chi connectivity index (χ3n) is 3.73. The van der Waals surface area contributed by atoms with E-state index >= 15 is 0 Å². The first-order chi connectivity index (χ1) is 12.6. The molecule has 0 aliphatic heterocycles. The molecule has 9 heteroatoms. The number of ether oxygens (including phenoxy) is 1. The predicted octanol–water partition coefficient (Wildman–Crippen LogP) is 3.09. The molecule has 8 nitrogen and oxygen atoms in total. The minimum absolute atomic E-state index is 0.472. The summed E-state index contributed by atoms with van der Waals surface area (Å²) in [6.07, 6.45) is 0. The zero-order valence-electron chi connectivity index (χ0n) is 14.5. The van der Waals surface area contributed by atoms with Crippen molar-refractivity contribution in [2.75, 3.05) is 7.11 Å². The number of benzene rings is 1. The van der Waals surface area contributed by atoms with E-state index in [2.05, 4.69) is 25.2 Å². The van der Waals surface area contributed by atoms with Crippen LogP contribution in [-0.2, 0) is 5.75 Å². The van der Waals surface area contributed by atoms with E-state index in [1.165, 1.54) is 11.8 Å². The molecule has 0 aliphatic rings. The van der Waals surface area contributed by atoms with E-state index in [1.54, 1.807) is 11.6 Å². The lowest BCUT2D eigenvalue weighted by atomic mass is 10.2. The van der Waals surface area contributed by atoms with Crippen LogP contribution in [0.4, 0.5) is 0 Å². The molecule has 0 atom stereocenters. The van der Waals surface area contributed by atoms with Crippen molar-refractivity contribution in [2.24, 2.45) is 0 Å². The lowest BCUT2D eigenvalue weighted by molar-refractivity contribution is 0.414. The molecular weight excluding hydrogens is 352 g/mol. The van der Waals surface area contributed by atoms with Crippen molar-refractivity contribution in [2.45, 2.75) is 24.8 Å². The summed E-state index contributed by atoms with van der Waals surface area (Å²) >= 11 is 1.44. The largest absolute Gasteiger partial charge is 0.497 e. The number of hydrogen-bond donors (Lipinski definition) is 0. The maximum absolute atomic E-state index is 5.33. The summed E-state index contributed by atoms with van der Waals surface area (Å²) in [6.45, 7) is 3.92. The second-order valence-electron chi connectivity index (χ2n) is 5.68. The Balaban J connectivity index is 1.48. The van der Waals surface area contributed by atoms with Crippen LogP contribution in [0.5, 0.6) is 5.75 Å². The van der Waals surface area contributed by atoms with Crippen molar-refractivity contribution in [1.29, 1.82) is 0 Å². The number of aryl methyl sites for hydroxylation is 2. The molecule has 3 aromatic heterocycles. The van der Waals surface area contributed by atoms with Crippen molar-refractivity contribution in [3.8, 4) is 17.2 Å². The van der Waals surface area contributed by atoms with Crippen LogP contribution >= 0.6 is 11.8 Å². The van der Waals surface area contributed by atoms with E-state index in [0.717, 1.165) is 22.7 Å². The summed E-state index contributed by atoms with van der Waals surface area (Å²) < 4.78 is 12.2. The molecule has 0 spiro atoms. The third-order valence-corrected chi connectivity index (χ3v) is 4.57. The molecule has 0 unspecified atom stereocenters. The van der Waals surface area contributed by atoms with Crippen LogP contribution in [0.25, 0.3) is 17.2 Å². The first-order valence-electron chi connectivity index (χ1n) is 7.93. The maximum atomic E-state index is 5.33. The highest BCUT2D eigenvalue weighted by Gasteiger charge is 2.12. The molecule has 0 N–H and O–H groups in total. The zero-order valence-corrected chi connectivity index (χ0v) is 15.3. The van der Waals surface area contributed by atoms with E-state index < -0.39 is 0 Å². The normalized spacial score (nSPS) is 11.2. The van der Waals surface area contributed by atoms with E-state index in [1.807, 2.05) is 44.2 Å². The van der Waals surface area contributed by atoms with Gasteiger partial charge in [-0.05, 0) is 44.2 Å². The minimum Gasteiger partial charge on any atom is -0.497 e. The Morgan fingerprint density at radius 3 is 2.69 bits per heavy atom. The second kappa shape index (κ2) is 6.75. The number of thioether (sulfide) groups is 1. The fourth-order valence-corrected chi connectivity index (χ4v) is 3.16. The molecule has 0 amide bonds. The summed E-state index contributed by atoms with van der Waals surface area (Å²) in [5.74, 6) is 2.94. The molecule has 4 aromatic rings. The first kappa shape index (κ1) is 16.5. The van der Waals surface area contributed by atoms with Gasteiger partial charge in [0.15, 0.2) is 5.82 Å². The molecule has 1 aromatic carbocycles. The monoisotopic (exact) mass is 368 g/mol. The molecule has 0 saturated carbocycles. The quantitative estimate of drug-likeness (QED) is 0.496. The van der Waals surface area contributed by atoms with E-state index in [4.69, 9.17) is 9.26 Å². The van der Waals surface area contributed by atoms with Crippen molar-refractivity contribution in [3.63, 3.8) is 0 Å². The molecule has 0 saturated heterocycles. The number of nitrogens with zero attached hydrogens (tertiary/aromatic N) is 6. The fourth-order valence-electron chi connectivity index (χ4n) is 2.50. The third kappa shape index (κ3) is 3.25. The Kier molecular flexibility index (Phi) is 4.29. The SMILES string of the molecule is COc1ccc(-c2nc(CSc3nc4nc(C)cc(C)n4n3)no2)cc1. The average molecular weight is 368 g/mol. The Morgan fingerprint density at radius 1 is 1.12 bits per heavy atom. The Labute approximate surface area is 153 Å². The van der Waals surface area contributed by atoms with Gasteiger partial charge in [0.1, 0.15) is 5.75 Å². The highest BCUT2D eigenvalue weighted by molar-refractivity contribution is 7.98. The van der Waals surface area contributed by atoms with Gasteiger partial charge >= 0.3 is 0 Å². The second-order valence-corrected chi connectivity index (χ2v) is 6.62. The van der Waals surface area contributed by atoms with Crippen LogP contribution in [0, 0.1) is 13.8 Å². The molecule has 3 heterocycles. The van der Waals surface area contributed by atoms with Gasteiger partial charge in [-0.2, -0.15) is 9.97 Å². The lowest BCUT2D eigenvalue weighted by Crippen LogP contribution is -1.97. The van der Waals surface area contributed by atoms with Crippen molar-refractivity contribution < 1.29 is 9.26 Å². The summed E-state index contributed by atoms with van der Waals surface area (Å²) in [5.41, 5.74) is 2.75. The first-order valence-corrected chi connectivity index (χ1v) is 8.92. The molecule has 26 heavy (non-hydrogen) atoms. The Hall–Kier alpha value is -2.94. The number of methoxy groups -OCH3 is 1. The molecule has 0 bridgehead atoms. The van der Waals surface area contributed by atoms with Gasteiger partial charge in [-0.15, -0.1) is 5.10 Å². The molecule has 0 radical (unpaired) electrons. The van der Waals surface area contributed by atoms with Crippen LogP contribution in [0.1, 0.15) is 17.2 Å². The van der Waals surface area contributed by atoms with Gasteiger partial charge in [-0.1, -0.05) is 16.9 Å². The van der Waals surface area contributed by atoms with Crippen LogP contribution in [0.3, 0.4) is 0 Å². The zero-order chi connectivity index (χ0) is 18.1. The van der Waals surface area contributed by atoms with Crippen molar-refractivity contribution in [1.82, 2.24) is 29.7 Å². The number of hydrogen-bond acceptors (Lipinski definition) is 8. The van der Waals surface area contributed by atoms with Gasteiger partial charge in [-0.3, -0.25) is 0 Å². The van der Waals surface area contributed by atoms with E-state index in [0.29, 0.717) is 28.4 Å². The fraction of sp³-hybridized carbons (Fsp3) is 0.235. The molecule has 0 aliphatic carbocycles. The highest BCUT2D eigenvalue weighted by Crippen LogP contribution is 2.23. The van der Waals surface area contributed by atoms with Gasteiger partial charge < -0.3 is 9.26 Å². The summed E-state index contributed by atoms with van der Waals surface area (Å²) in [7, 11) is 1.63. The van der Waals surface area contributed by atoms with Gasteiger partial charge in [0, 0.05) is 17.0 Å². The molecule has 4 rings (SSSR count). The molecule has 132 valence electrons. The van der Waals surface area contributed by atoms with Gasteiger partial charge in [-0.25, -0.2) is 9.50 Å². The molecular formula is C17H16N6O2S.